The molecule has 1 saturated carbocycles. The van der Waals surface area contributed by atoms with E-state index in [1.807, 2.05) is 11.3 Å². The molecule has 3 heterocycles. The number of fused-ring (bicyclic) bond motifs is 2. The van der Waals surface area contributed by atoms with E-state index >= 15 is 0 Å². The second kappa shape index (κ2) is 3.31. The lowest BCUT2D eigenvalue weighted by molar-refractivity contribution is 0.00451. The summed E-state index contributed by atoms with van der Waals surface area (Å²) in [7, 11) is 0. The van der Waals surface area contributed by atoms with Crippen LogP contribution in [0.3, 0.4) is 0 Å². The summed E-state index contributed by atoms with van der Waals surface area (Å²) >= 11 is 1.90. The third kappa shape index (κ3) is 1.25. The molecule has 2 nitrogen and oxygen atoms in total. The largest absolute Gasteiger partial charge is 0.370 e. The zero-order valence-corrected chi connectivity index (χ0v) is 10.2. The average molecular weight is 235 g/mol. The van der Waals surface area contributed by atoms with E-state index in [1.165, 1.54) is 30.6 Å². The molecule has 3 heteroatoms. The lowest BCUT2D eigenvalue weighted by Crippen LogP contribution is -2.36. The van der Waals surface area contributed by atoms with E-state index in [0.29, 0.717) is 17.6 Å². The summed E-state index contributed by atoms with van der Waals surface area (Å²) in [6.45, 7) is 2.12. The van der Waals surface area contributed by atoms with Gasteiger partial charge in [-0.15, -0.1) is 11.3 Å². The molecule has 1 aliphatic carbocycles. The van der Waals surface area contributed by atoms with Gasteiger partial charge in [0.05, 0.1) is 6.61 Å². The van der Waals surface area contributed by atoms with Gasteiger partial charge in [-0.1, -0.05) is 0 Å². The Morgan fingerprint density at radius 1 is 1.44 bits per heavy atom. The molecule has 0 unspecified atom stereocenters. The van der Waals surface area contributed by atoms with E-state index in [-0.39, 0.29) is 0 Å². The highest BCUT2D eigenvalue weighted by Crippen LogP contribution is 2.56. The molecule has 1 spiro atoms. The maximum atomic E-state index is 6.17. The van der Waals surface area contributed by atoms with Gasteiger partial charge >= 0.3 is 0 Å². The Morgan fingerprint density at radius 2 is 2.38 bits per heavy atom. The molecular formula is C13H17NOS. The molecule has 1 N–H and O–H groups in total. The first-order valence-electron chi connectivity index (χ1n) is 6.32. The summed E-state index contributed by atoms with van der Waals surface area (Å²) in [4.78, 5) is 1.52. The standard InChI is InChI=1S/C13H17NOS/c1-2-10(14-6-1)11-12-9(3-7-16-12)13(4-5-13)8-15-11/h3,7,10-11,14H,1-2,4-6,8H2/t10-,11-/m0/s1. The molecule has 0 bridgehead atoms. The number of nitrogens with one attached hydrogen (secondary N) is 1. The minimum absolute atomic E-state index is 0.337. The fraction of sp³-hybridized carbons (Fsp3) is 0.692. The van der Waals surface area contributed by atoms with Gasteiger partial charge in [-0.2, -0.15) is 0 Å². The van der Waals surface area contributed by atoms with Crippen molar-refractivity contribution < 1.29 is 4.74 Å². The van der Waals surface area contributed by atoms with Gasteiger partial charge in [0.1, 0.15) is 6.10 Å². The third-order valence-electron chi connectivity index (χ3n) is 4.38. The Morgan fingerprint density at radius 3 is 3.12 bits per heavy atom. The highest BCUT2D eigenvalue weighted by atomic mass is 32.1. The number of thiophene rings is 1. The van der Waals surface area contributed by atoms with Gasteiger partial charge in [-0.3, -0.25) is 0 Å². The Labute approximate surface area is 100 Å². The van der Waals surface area contributed by atoms with Crippen molar-refractivity contribution >= 4 is 11.3 Å². The van der Waals surface area contributed by atoms with Crippen molar-refractivity contribution in [1.29, 1.82) is 0 Å². The molecule has 0 aromatic carbocycles. The van der Waals surface area contributed by atoms with E-state index in [1.54, 1.807) is 5.56 Å². The first-order chi connectivity index (χ1) is 7.89. The van der Waals surface area contributed by atoms with Crippen LogP contribution in [0.1, 0.15) is 42.2 Å². The predicted octanol–water partition coefficient (Wildman–Crippen LogP) is 2.60. The van der Waals surface area contributed by atoms with Gasteiger partial charge in [0.2, 0.25) is 0 Å². The Kier molecular flexibility index (Phi) is 1.99. The second-order valence-corrected chi connectivity index (χ2v) is 6.36. The predicted molar refractivity (Wildman–Crippen MR) is 64.9 cm³/mol. The van der Waals surface area contributed by atoms with E-state index in [0.717, 1.165) is 13.2 Å². The van der Waals surface area contributed by atoms with Crippen LogP contribution in [-0.4, -0.2) is 19.2 Å². The molecule has 0 amide bonds. The molecule has 0 radical (unpaired) electrons. The molecule has 2 aliphatic heterocycles. The van der Waals surface area contributed by atoms with Gasteiger partial charge in [0.15, 0.2) is 0 Å². The maximum absolute atomic E-state index is 6.17. The lowest BCUT2D eigenvalue weighted by atomic mass is 9.91. The van der Waals surface area contributed by atoms with Crippen molar-refractivity contribution in [1.82, 2.24) is 5.32 Å². The molecule has 1 aromatic heterocycles. The van der Waals surface area contributed by atoms with Crippen molar-refractivity contribution in [2.75, 3.05) is 13.2 Å². The van der Waals surface area contributed by atoms with Crippen LogP contribution in [0.2, 0.25) is 0 Å². The molecule has 3 aliphatic rings. The minimum atomic E-state index is 0.337. The average Bonchev–Trinajstić information content (AvgIpc) is 2.75. The Hall–Kier alpha value is -0.380. The molecule has 16 heavy (non-hydrogen) atoms. The van der Waals surface area contributed by atoms with Crippen LogP contribution in [0, 0.1) is 0 Å². The van der Waals surface area contributed by atoms with Crippen LogP contribution in [-0.2, 0) is 10.2 Å². The summed E-state index contributed by atoms with van der Waals surface area (Å²) in [6, 6.07) is 2.91. The summed E-state index contributed by atoms with van der Waals surface area (Å²) < 4.78 is 6.17. The van der Waals surface area contributed by atoms with Crippen LogP contribution in [0.25, 0.3) is 0 Å². The third-order valence-corrected chi connectivity index (χ3v) is 5.36. The van der Waals surface area contributed by atoms with Gasteiger partial charge in [-0.25, -0.2) is 0 Å². The molecule has 1 aromatic rings. The Bertz CT molecular complexity index is 404. The molecule has 2 fully saturated rings. The normalized spacial score (nSPS) is 35.2. The van der Waals surface area contributed by atoms with Crippen molar-refractivity contribution in [3.8, 4) is 0 Å². The zero-order chi connectivity index (χ0) is 10.6. The summed E-state index contributed by atoms with van der Waals surface area (Å²) in [6.07, 6.45) is 5.58. The van der Waals surface area contributed by atoms with Crippen LogP contribution >= 0.6 is 11.3 Å². The van der Waals surface area contributed by atoms with E-state index in [4.69, 9.17) is 4.74 Å². The zero-order valence-electron chi connectivity index (χ0n) is 9.37. The van der Waals surface area contributed by atoms with Crippen molar-refractivity contribution in [2.45, 2.75) is 43.2 Å². The van der Waals surface area contributed by atoms with E-state index in [9.17, 15) is 0 Å². The molecule has 2 atom stereocenters. The molecule has 1 saturated heterocycles. The SMILES string of the molecule is c1cc2c(s1)[C@H]([C@@H]1CCCN1)OCC21CC1. The fourth-order valence-electron chi connectivity index (χ4n) is 3.22. The molecule has 4 rings (SSSR count). The Balaban J connectivity index is 1.71. The second-order valence-electron chi connectivity index (χ2n) is 5.41. The minimum Gasteiger partial charge on any atom is -0.370 e. The summed E-state index contributed by atoms with van der Waals surface area (Å²) in [5.41, 5.74) is 2.05. The number of rotatable bonds is 1. The quantitative estimate of drug-likeness (QED) is 0.808. The number of hydrogen-bond acceptors (Lipinski definition) is 3. The summed E-state index contributed by atoms with van der Waals surface area (Å²) in [5.74, 6) is 0. The first-order valence-corrected chi connectivity index (χ1v) is 7.20. The van der Waals surface area contributed by atoms with Crippen LogP contribution in [0.5, 0.6) is 0 Å². The van der Waals surface area contributed by atoms with Gasteiger partial charge in [-0.05, 0) is 49.2 Å². The fourth-order valence-corrected chi connectivity index (χ4v) is 4.34. The van der Waals surface area contributed by atoms with E-state index < -0.39 is 0 Å². The van der Waals surface area contributed by atoms with Crippen LogP contribution < -0.4 is 5.32 Å². The van der Waals surface area contributed by atoms with Crippen LogP contribution in [0.15, 0.2) is 11.4 Å². The molecule has 86 valence electrons. The smallest absolute Gasteiger partial charge is 0.107 e. The maximum Gasteiger partial charge on any atom is 0.107 e. The number of hydrogen-bond donors (Lipinski definition) is 1. The number of ether oxygens (including phenoxy) is 1. The van der Waals surface area contributed by atoms with Crippen molar-refractivity contribution in [2.24, 2.45) is 0 Å². The highest BCUT2D eigenvalue weighted by molar-refractivity contribution is 7.10. The van der Waals surface area contributed by atoms with E-state index in [2.05, 4.69) is 16.8 Å². The molecular weight excluding hydrogens is 218 g/mol. The highest BCUT2D eigenvalue weighted by Gasteiger charge is 2.51. The van der Waals surface area contributed by atoms with Gasteiger partial charge < -0.3 is 10.1 Å². The van der Waals surface area contributed by atoms with Crippen LogP contribution in [0.4, 0.5) is 0 Å². The monoisotopic (exact) mass is 235 g/mol. The van der Waals surface area contributed by atoms with Gasteiger partial charge in [0.25, 0.3) is 0 Å². The lowest BCUT2D eigenvalue weighted by Gasteiger charge is -2.33. The first kappa shape index (κ1) is 9.63. The summed E-state index contributed by atoms with van der Waals surface area (Å²) in [5, 5.41) is 5.84. The van der Waals surface area contributed by atoms with Gasteiger partial charge in [0, 0.05) is 16.3 Å². The van der Waals surface area contributed by atoms with Crippen molar-refractivity contribution in [3.05, 3.63) is 21.9 Å². The topological polar surface area (TPSA) is 21.3 Å². The van der Waals surface area contributed by atoms with Crippen molar-refractivity contribution in [3.63, 3.8) is 0 Å².